The summed E-state index contributed by atoms with van der Waals surface area (Å²) in [7, 11) is 0. The van der Waals surface area contributed by atoms with E-state index in [0.29, 0.717) is 6.61 Å². The predicted molar refractivity (Wildman–Crippen MR) is 76.2 cm³/mol. The lowest BCUT2D eigenvalue weighted by Gasteiger charge is -1.98. The predicted octanol–water partition coefficient (Wildman–Crippen LogP) is 3.89. The second-order valence-corrected chi connectivity index (χ2v) is 3.70. The van der Waals surface area contributed by atoms with Crippen LogP contribution in [0.4, 0.5) is 4.79 Å². The molecule has 1 amide bonds. The molecule has 3 nitrogen and oxygen atoms in total. The van der Waals surface area contributed by atoms with Gasteiger partial charge < -0.3 is 10.5 Å². The molecule has 0 bridgehead atoms. The van der Waals surface area contributed by atoms with Crippen molar-refractivity contribution in [2.24, 2.45) is 5.73 Å². The summed E-state index contributed by atoms with van der Waals surface area (Å²) in [5, 5.41) is 0. The van der Waals surface area contributed by atoms with Gasteiger partial charge in [-0.1, -0.05) is 55.5 Å². The normalized spacial score (nSPS) is 12.3. The van der Waals surface area contributed by atoms with E-state index in [2.05, 4.69) is 23.8 Å². The highest BCUT2D eigenvalue weighted by Gasteiger charge is 1.91. The zero-order valence-corrected chi connectivity index (χ0v) is 11.0. The first-order chi connectivity index (χ1) is 8.77. The van der Waals surface area contributed by atoms with Gasteiger partial charge in [0.05, 0.1) is 6.61 Å². The van der Waals surface area contributed by atoms with Crippen LogP contribution in [-0.4, -0.2) is 12.7 Å². The molecule has 0 unspecified atom stereocenters. The monoisotopic (exact) mass is 249 g/mol. The highest BCUT2D eigenvalue weighted by atomic mass is 16.5. The molecule has 0 saturated carbocycles. The van der Waals surface area contributed by atoms with Crippen LogP contribution in [0.5, 0.6) is 0 Å². The van der Waals surface area contributed by atoms with Gasteiger partial charge >= 0.3 is 6.09 Å². The van der Waals surface area contributed by atoms with E-state index in [-0.39, 0.29) is 0 Å². The number of hydrogen-bond donors (Lipinski definition) is 1. The minimum absolute atomic E-state index is 0.408. The van der Waals surface area contributed by atoms with Crippen LogP contribution >= 0.6 is 0 Å². The molecule has 0 saturated heterocycles. The molecule has 3 heteroatoms. The van der Waals surface area contributed by atoms with Crippen molar-refractivity contribution in [3.05, 3.63) is 48.6 Å². The topological polar surface area (TPSA) is 52.3 Å². The number of rotatable bonds is 9. The number of carbonyl (C=O) groups excluding carboxylic acids is 1. The lowest BCUT2D eigenvalue weighted by molar-refractivity contribution is 0.154. The fourth-order valence-electron chi connectivity index (χ4n) is 1.18. The third-order valence-corrected chi connectivity index (χ3v) is 2.07. The number of carbonyl (C=O) groups is 1. The Balaban J connectivity index is 3.42. The number of primary amides is 1. The van der Waals surface area contributed by atoms with Gasteiger partial charge in [0.1, 0.15) is 0 Å². The summed E-state index contributed by atoms with van der Waals surface area (Å²) in [4.78, 5) is 10.3. The number of allylic oxidation sites excluding steroid dienone is 8. The lowest BCUT2D eigenvalue weighted by Crippen LogP contribution is -2.13. The number of amides is 1. The van der Waals surface area contributed by atoms with Crippen LogP contribution in [-0.2, 0) is 4.74 Å². The molecule has 0 heterocycles. The summed E-state index contributed by atoms with van der Waals surface area (Å²) in [6.45, 7) is 2.52. The fraction of sp³-hybridized carbons (Fsp3) is 0.400. The third-order valence-electron chi connectivity index (χ3n) is 2.07. The Kier molecular flexibility index (Phi) is 12.0. The standard InChI is InChI=1S/C15H23NO2/c1-2-3-4-5-6-7-8-9-10-11-12-13-14-18-15(16)17/h3-10H,2,11-14H2,1H3,(H2,16,17). The van der Waals surface area contributed by atoms with Crippen molar-refractivity contribution in [2.75, 3.05) is 6.61 Å². The SMILES string of the molecule is CCC=CC=CC=CC=CCCCCOC(N)=O. The molecule has 0 aromatic heterocycles. The van der Waals surface area contributed by atoms with E-state index in [0.717, 1.165) is 25.7 Å². The number of ether oxygens (including phenoxy) is 1. The quantitative estimate of drug-likeness (QED) is 0.498. The van der Waals surface area contributed by atoms with Crippen LogP contribution in [0.2, 0.25) is 0 Å². The molecule has 0 aliphatic carbocycles. The minimum atomic E-state index is -0.697. The zero-order valence-electron chi connectivity index (χ0n) is 11.0. The van der Waals surface area contributed by atoms with Crippen LogP contribution in [0.3, 0.4) is 0 Å². The Labute approximate surface area is 110 Å². The Morgan fingerprint density at radius 3 is 2.22 bits per heavy atom. The van der Waals surface area contributed by atoms with Gasteiger partial charge in [-0.2, -0.15) is 0 Å². The van der Waals surface area contributed by atoms with E-state index in [1.165, 1.54) is 0 Å². The zero-order chi connectivity index (χ0) is 13.5. The molecule has 0 radical (unpaired) electrons. The average Bonchev–Trinajstić information content (AvgIpc) is 2.34. The van der Waals surface area contributed by atoms with E-state index >= 15 is 0 Å². The van der Waals surface area contributed by atoms with Crippen molar-refractivity contribution in [2.45, 2.75) is 32.6 Å². The molecule has 0 rings (SSSR count). The second kappa shape index (κ2) is 13.3. The third kappa shape index (κ3) is 14.2. The Bertz CT molecular complexity index is 314. The maximum Gasteiger partial charge on any atom is 0.404 e. The highest BCUT2D eigenvalue weighted by Crippen LogP contribution is 1.97. The molecule has 0 fully saturated rings. The van der Waals surface area contributed by atoms with E-state index in [9.17, 15) is 4.79 Å². The van der Waals surface area contributed by atoms with E-state index < -0.39 is 6.09 Å². The summed E-state index contributed by atoms with van der Waals surface area (Å²) >= 11 is 0. The minimum Gasteiger partial charge on any atom is -0.450 e. The molecule has 18 heavy (non-hydrogen) atoms. The highest BCUT2D eigenvalue weighted by molar-refractivity contribution is 5.64. The molecule has 0 aliphatic rings. The van der Waals surface area contributed by atoms with Crippen molar-refractivity contribution in [3.63, 3.8) is 0 Å². The van der Waals surface area contributed by atoms with Crippen molar-refractivity contribution in [3.8, 4) is 0 Å². The molecule has 0 spiro atoms. The van der Waals surface area contributed by atoms with Crippen LogP contribution in [0.15, 0.2) is 48.6 Å². The van der Waals surface area contributed by atoms with E-state index in [1.54, 1.807) is 0 Å². The fourth-order valence-corrected chi connectivity index (χ4v) is 1.18. The van der Waals surface area contributed by atoms with Gasteiger partial charge in [-0.05, 0) is 25.7 Å². The van der Waals surface area contributed by atoms with Gasteiger partial charge in [0.15, 0.2) is 0 Å². The van der Waals surface area contributed by atoms with Gasteiger partial charge in [-0.25, -0.2) is 4.79 Å². The largest absolute Gasteiger partial charge is 0.450 e. The average molecular weight is 249 g/mol. The van der Waals surface area contributed by atoms with Crippen molar-refractivity contribution in [1.29, 1.82) is 0 Å². The number of nitrogens with two attached hydrogens (primary N) is 1. The smallest absolute Gasteiger partial charge is 0.404 e. The van der Waals surface area contributed by atoms with Gasteiger partial charge in [0.2, 0.25) is 0 Å². The molecular formula is C15H23NO2. The first kappa shape index (κ1) is 16.2. The summed E-state index contributed by atoms with van der Waals surface area (Å²) in [6.07, 6.45) is 19.4. The Hall–Kier alpha value is -1.77. The summed E-state index contributed by atoms with van der Waals surface area (Å²) in [6, 6.07) is 0. The van der Waals surface area contributed by atoms with Crippen LogP contribution in [0, 0.1) is 0 Å². The molecular weight excluding hydrogens is 226 g/mol. The number of unbranched alkanes of at least 4 members (excludes halogenated alkanes) is 2. The van der Waals surface area contributed by atoms with Crippen LogP contribution in [0.1, 0.15) is 32.6 Å². The maximum absolute atomic E-state index is 10.3. The summed E-state index contributed by atoms with van der Waals surface area (Å²) < 4.78 is 4.62. The van der Waals surface area contributed by atoms with E-state index in [1.807, 2.05) is 36.5 Å². The van der Waals surface area contributed by atoms with Gasteiger partial charge in [-0.15, -0.1) is 0 Å². The lowest BCUT2D eigenvalue weighted by atomic mass is 10.2. The second-order valence-electron chi connectivity index (χ2n) is 3.70. The van der Waals surface area contributed by atoms with Gasteiger partial charge in [-0.3, -0.25) is 0 Å². The molecule has 2 N–H and O–H groups in total. The summed E-state index contributed by atoms with van der Waals surface area (Å²) in [5.74, 6) is 0. The Morgan fingerprint density at radius 2 is 1.61 bits per heavy atom. The summed E-state index contributed by atoms with van der Waals surface area (Å²) in [5.41, 5.74) is 4.84. The van der Waals surface area contributed by atoms with Crippen molar-refractivity contribution >= 4 is 6.09 Å². The van der Waals surface area contributed by atoms with Crippen LogP contribution < -0.4 is 5.73 Å². The molecule has 0 aliphatic heterocycles. The van der Waals surface area contributed by atoms with Crippen LogP contribution in [0.25, 0.3) is 0 Å². The molecule has 100 valence electrons. The number of hydrogen-bond acceptors (Lipinski definition) is 2. The van der Waals surface area contributed by atoms with Gasteiger partial charge in [0.25, 0.3) is 0 Å². The Morgan fingerprint density at radius 1 is 1.00 bits per heavy atom. The first-order valence-corrected chi connectivity index (χ1v) is 6.34. The molecule has 0 atom stereocenters. The molecule has 0 aromatic rings. The van der Waals surface area contributed by atoms with E-state index in [4.69, 9.17) is 5.73 Å². The first-order valence-electron chi connectivity index (χ1n) is 6.34. The molecule has 0 aromatic carbocycles. The van der Waals surface area contributed by atoms with Gasteiger partial charge in [0, 0.05) is 0 Å². The van der Waals surface area contributed by atoms with Crippen molar-refractivity contribution < 1.29 is 9.53 Å². The maximum atomic E-state index is 10.3. The van der Waals surface area contributed by atoms with Crippen molar-refractivity contribution in [1.82, 2.24) is 0 Å².